The minimum Gasteiger partial charge on any atom is -0.497 e. The van der Waals surface area contributed by atoms with Crippen LogP contribution in [0.5, 0.6) is 5.75 Å². The summed E-state index contributed by atoms with van der Waals surface area (Å²) in [6.45, 7) is 8.11. The quantitative estimate of drug-likeness (QED) is 0.586. The molecule has 3 rings (SSSR count). The van der Waals surface area contributed by atoms with Gasteiger partial charge < -0.3 is 10.1 Å². The molecule has 2 amide bonds. The van der Waals surface area contributed by atoms with Gasteiger partial charge in [0.05, 0.1) is 12.8 Å². The fourth-order valence-electron chi connectivity index (χ4n) is 2.84. The van der Waals surface area contributed by atoms with E-state index >= 15 is 0 Å². The predicted octanol–water partition coefficient (Wildman–Crippen LogP) is 5.26. The third kappa shape index (κ3) is 5.04. The summed E-state index contributed by atoms with van der Waals surface area (Å²) >= 11 is 1.14. The first kappa shape index (κ1) is 21.5. The van der Waals surface area contributed by atoms with Gasteiger partial charge in [-0.3, -0.25) is 14.9 Å². The lowest BCUT2D eigenvalue weighted by atomic mass is 9.87. The van der Waals surface area contributed by atoms with E-state index in [9.17, 15) is 9.59 Å². The molecule has 1 aromatic heterocycles. The third-order valence-corrected chi connectivity index (χ3v) is 5.64. The molecule has 0 spiro atoms. The maximum Gasteiger partial charge on any atom is 0.267 e. The van der Waals surface area contributed by atoms with Crippen LogP contribution in [0.3, 0.4) is 0 Å². The number of rotatable bonds is 5. The molecular formula is C23H25N3O3S. The predicted molar refractivity (Wildman–Crippen MR) is 121 cm³/mol. The summed E-state index contributed by atoms with van der Waals surface area (Å²) in [5, 5.41) is 6.00. The van der Waals surface area contributed by atoms with Crippen LogP contribution in [0.15, 0.2) is 48.5 Å². The van der Waals surface area contributed by atoms with Gasteiger partial charge in [-0.05, 0) is 42.2 Å². The highest BCUT2D eigenvalue weighted by Gasteiger charge is 2.18. The topological polar surface area (TPSA) is 80.3 Å². The minimum atomic E-state index is -0.284. The van der Waals surface area contributed by atoms with Crippen molar-refractivity contribution >= 4 is 34.0 Å². The Hall–Kier alpha value is -3.19. The van der Waals surface area contributed by atoms with Crippen LogP contribution in [0.1, 0.15) is 52.1 Å². The number of carbonyl (C=O) groups is 2. The second-order valence-corrected chi connectivity index (χ2v) is 8.90. The zero-order valence-electron chi connectivity index (χ0n) is 17.7. The van der Waals surface area contributed by atoms with Crippen molar-refractivity contribution in [2.24, 2.45) is 0 Å². The third-order valence-electron chi connectivity index (χ3n) is 4.56. The Labute approximate surface area is 180 Å². The summed E-state index contributed by atoms with van der Waals surface area (Å²) in [6.07, 6.45) is 0. The first-order chi connectivity index (χ1) is 14.2. The molecule has 0 unspecified atom stereocenters. The molecule has 6 nitrogen and oxygen atoms in total. The lowest BCUT2D eigenvalue weighted by Crippen LogP contribution is -2.14. The zero-order chi connectivity index (χ0) is 21.9. The van der Waals surface area contributed by atoms with Crippen LogP contribution in [-0.4, -0.2) is 23.9 Å². The average molecular weight is 424 g/mol. The lowest BCUT2D eigenvalue weighted by Gasteiger charge is -2.18. The molecule has 7 heteroatoms. The fourth-order valence-corrected chi connectivity index (χ4v) is 3.70. The fraction of sp³-hybridized carbons (Fsp3) is 0.261. The molecule has 0 aliphatic carbocycles. The molecule has 0 aliphatic heterocycles. The van der Waals surface area contributed by atoms with Crippen LogP contribution in [-0.2, 0) is 5.41 Å². The molecule has 0 saturated heterocycles. The van der Waals surface area contributed by atoms with Crippen molar-refractivity contribution < 1.29 is 14.3 Å². The number of nitrogens with zero attached hydrogens (tertiary/aromatic N) is 1. The Morgan fingerprint density at radius 2 is 1.70 bits per heavy atom. The van der Waals surface area contributed by atoms with Crippen molar-refractivity contribution in [3.63, 3.8) is 0 Å². The van der Waals surface area contributed by atoms with Gasteiger partial charge in [-0.25, -0.2) is 4.98 Å². The Morgan fingerprint density at radius 1 is 1.00 bits per heavy atom. The summed E-state index contributed by atoms with van der Waals surface area (Å²) in [7, 11) is 1.57. The van der Waals surface area contributed by atoms with Gasteiger partial charge in [0.2, 0.25) is 0 Å². The Kier molecular flexibility index (Phi) is 6.22. The van der Waals surface area contributed by atoms with E-state index in [1.54, 1.807) is 50.4 Å². The Bertz CT molecular complexity index is 1070. The van der Waals surface area contributed by atoms with E-state index in [0.717, 1.165) is 16.9 Å². The molecular weight excluding hydrogens is 398 g/mol. The minimum absolute atomic E-state index is 0.0203. The van der Waals surface area contributed by atoms with Gasteiger partial charge in [0, 0.05) is 17.3 Å². The van der Waals surface area contributed by atoms with Gasteiger partial charge in [0.15, 0.2) is 5.13 Å². The summed E-state index contributed by atoms with van der Waals surface area (Å²) in [4.78, 5) is 30.0. The lowest BCUT2D eigenvalue weighted by molar-refractivity contribution is 0.102. The van der Waals surface area contributed by atoms with E-state index in [2.05, 4.69) is 36.4 Å². The van der Waals surface area contributed by atoms with Crippen molar-refractivity contribution in [2.75, 3.05) is 17.7 Å². The molecule has 2 N–H and O–H groups in total. The van der Waals surface area contributed by atoms with Crippen molar-refractivity contribution in [1.82, 2.24) is 4.98 Å². The number of anilines is 2. The Balaban J connectivity index is 1.70. The first-order valence-electron chi connectivity index (χ1n) is 9.52. The highest BCUT2D eigenvalue weighted by atomic mass is 32.1. The number of nitrogens with one attached hydrogen (secondary N) is 2. The van der Waals surface area contributed by atoms with Crippen molar-refractivity contribution in [3.05, 3.63) is 70.2 Å². The van der Waals surface area contributed by atoms with Crippen LogP contribution in [0.2, 0.25) is 0 Å². The number of aryl methyl sites for hydroxylation is 1. The Morgan fingerprint density at radius 3 is 2.33 bits per heavy atom. The van der Waals surface area contributed by atoms with E-state index in [-0.39, 0.29) is 17.2 Å². The second kappa shape index (κ2) is 8.67. The van der Waals surface area contributed by atoms with Gasteiger partial charge in [0.1, 0.15) is 10.6 Å². The first-order valence-corrected chi connectivity index (χ1v) is 10.3. The van der Waals surface area contributed by atoms with Gasteiger partial charge in [0.25, 0.3) is 11.8 Å². The van der Waals surface area contributed by atoms with Gasteiger partial charge in [-0.2, -0.15) is 0 Å². The van der Waals surface area contributed by atoms with Crippen LogP contribution in [0.4, 0.5) is 10.8 Å². The maximum absolute atomic E-state index is 12.6. The number of hydrogen-bond donors (Lipinski definition) is 2. The van der Waals surface area contributed by atoms with E-state index in [0.29, 0.717) is 32.7 Å². The molecule has 0 bridgehead atoms. The van der Waals surface area contributed by atoms with Crippen LogP contribution < -0.4 is 15.4 Å². The normalized spacial score (nSPS) is 11.1. The van der Waals surface area contributed by atoms with Crippen molar-refractivity contribution in [3.8, 4) is 5.75 Å². The number of amides is 2. The summed E-state index contributed by atoms with van der Waals surface area (Å²) in [5.41, 5.74) is 2.89. The van der Waals surface area contributed by atoms with Gasteiger partial charge >= 0.3 is 0 Å². The molecule has 0 fully saturated rings. The van der Waals surface area contributed by atoms with E-state index in [4.69, 9.17) is 4.74 Å². The van der Waals surface area contributed by atoms with Crippen LogP contribution in [0, 0.1) is 6.92 Å². The number of benzene rings is 2. The molecule has 0 atom stereocenters. The molecule has 0 radical (unpaired) electrons. The number of methoxy groups -OCH3 is 1. The molecule has 156 valence electrons. The van der Waals surface area contributed by atoms with E-state index < -0.39 is 0 Å². The van der Waals surface area contributed by atoms with E-state index in [1.807, 2.05) is 12.1 Å². The molecule has 1 heterocycles. The van der Waals surface area contributed by atoms with Crippen LogP contribution >= 0.6 is 11.3 Å². The largest absolute Gasteiger partial charge is 0.497 e. The van der Waals surface area contributed by atoms with Gasteiger partial charge in [-0.15, -0.1) is 0 Å². The average Bonchev–Trinajstić information content (AvgIpc) is 3.07. The van der Waals surface area contributed by atoms with Crippen molar-refractivity contribution in [1.29, 1.82) is 0 Å². The van der Waals surface area contributed by atoms with Crippen LogP contribution in [0.25, 0.3) is 0 Å². The van der Waals surface area contributed by atoms with Crippen molar-refractivity contribution in [2.45, 2.75) is 33.1 Å². The smallest absolute Gasteiger partial charge is 0.267 e. The molecule has 3 aromatic rings. The second-order valence-electron chi connectivity index (χ2n) is 7.90. The summed E-state index contributed by atoms with van der Waals surface area (Å²) < 4.78 is 5.17. The van der Waals surface area contributed by atoms with Gasteiger partial charge in [-0.1, -0.05) is 50.3 Å². The number of thiazole rings is 1. The molecule has 30 heavy (non-hydrogen) atoms. The number of hydrogen-bond acceptors (Lipinski definition) is 5. The highest BCUT2D eigenvalue weighted by Crippen LogP contribution is 2.26. The van der Waals surface area contributed by atoms with E-state index in [1.165, 1.54) is 0 Å². The summed E-state index contributed by atoms with van der Waals surface area (Å²) in [6, 6.07) is 14.6. The monoisotopic (exact) mass is 423 g/mol. The molecule has 2 aromatic carbocycles. The highest BCUT2D eigenvalue weighted by molar-refractivity contribution is 7.17. The standard InChI is InChI=1S/C23H25N3O3S/c1-14-19(21(28)25-17-7-6-8-18(13-17)29-5)30-22(24-14)26-20(27)15-9-11-16(12-10-15)23(2,3)4/h6-13H,1-5H3,(H,25,28)(H,24,26,27). The number of ether oxygens (including phenoxy) is 1. The number of carbonyl (C=O) groups excluding carboxylic acids is 2. The maximum atomic E-state index is 12.6. The molecule has 0 saturated carbocycles. The molecule has 0 aliphatic rings. The number of aromatic nitrogens is 1. The zero-order valence-corrected chi connectivity index (χ0v) is 18.5. The SMILES string of the molecule is COc1cccc(NC(=O)c2sc(NC(=O)c3ccc(C(C)(C)C)cc3)nc2C)c1. The summed E-state index contributed by atoms with van der Waals surface area (Å²) in [5.74, 6) is 0.108.